The van der Waals surface area contributed by atoms with Gasteiger partial charge in [-0.15, -0.1) is 0 Å². The molecule has 2 heterocycles. The third-order valence-electron chi connectivity index (χ3n) is 3.65. The Bertz CT molecular complexity index is 888. The molecule has 0 spiro atoms. The van der Waals surface area contributed by atoms with Crippen LogP contribution in [0.3, 0.4) is 0 Å². The van der Waals surface area contributed by atoms with Crippen LogP contribution in [-0.4, -0.2) is 15.9 Å². The number of hydrogen-bond donors (Lipinski definition) is 2. The molecule has 132 valence electrons. The largest absolute Gasteiger partial charge is 0.365 e. The minimum atomic E-state index is -0.307. The van der Waals surface area contributed by atoms with E-state index in [1.54, 1.807) is 36.8 Å². The van der Waals surface area contributed by atoms with Crippen LogP contribution in [0.1, 0.15) is 21.5 Å². The lowest BCUT2D eigenvalue weighted by atomic mass is 10.2. The van der Waals surface area contributed by atoms with Crippen molar-refractivity contribution in [2.45, 2.75) is 13.1 Å². The number of nitrogens with zero attached hydrogens (tertiary/aromatic N) is 2. The zero-order valence-corrected chi connectivity index (χ0v) is 15.3. The van der Waals surface area contributed by atoms with Crippen LogP contribution >= 0.6 is 15.9 Å². The summed E-state index contributed by atoms with van der Waals surface area (Å²) in [5.41, 5.74) is 2.22. The Hall–Kier alpha value is -2.80. The van der Waals surface area contributed by atoms with Crippen molar-refractivity contribution >= 4 is 27.7 Å². The highest BCUT2D eigenvalue weighted by Gasteiger charge is 2.13. The van der Waals surface area contributed by atoms with E-state index in [4.69, 9.17) is 0 Å². The number of nitrogens with one attached hydrogen (secondary N) is 2. The molecule has 0 unspecified atom stereocenters. The van der Waals surface area contributed by atoms with Crippen LogP contribution in [0.25, 0.3) is 0 Å². The van der Waals surface area contributed by atoms with Crippen molar-refractivity contribution in [3.8, 4) is 0 Å². The number of rotatable bonds is 6. The van der Waals surface area contributed by atoms with E-state index in [9.17, 15) is 9.18 Å². The molecule has 3 aromatic rings. The average Bonchev–Trinajstić information content (AvgIpc) is 2.67. The molecule has 0 atom stereocenters. The predicted octanol–water partition coefficient (Wildman–Crippen LogP) is 3.92. The maximum absolute atomic E-state index is 13.0. The third-order valence-corrected chi connectivity index (χ3v) is 4.08. The molecule has 0 aliphatic rings. The Labute approximate surface area is 158 Å². The zero-order valence-electron chi connectivity index (χ0n) is 13.7. The molecule has 3 rings (SSSR count). The number of halogens is 2. The van der Waals surface area contributed by atoms with Gasteiger partial charge in [0.1, 0.15) is 11.6 Å². The Morgan fingerprint density at radius 1 is 1.08 bits per heavy atom. The first-order valence-electron chi connectivity index (χ1n) is 7.93. The van der Waals surface area contributed by atoms with Crippen LogP contribution < -0.4 is 10.6 Å². The van der Waals surface area contributed by atoms with Gasteiger partial charge in [-0.2, -0.15) is 0 Å². The second kappa shape index (κ2) is 8.53. The molecule has 2 N–H and O–H groups in total. The third kappa shape index (κ3) is 4.86. The molecule has 0 saturated heterocycles. The number of anilines is 1. The van der Waals surface area contributed by atoms with Gasteiger partial charge in [-0.05, 0) is 51.3 Å². The van der Waals surface area contributed by atoms with Crippen molar-refractivity contribution in [1.29, 1.82) is 0 Å². The van der Waals surface area contributed by atoms with Crippen LogP contribution in [0, 0.1) is 5.82 Å². The SMILES string of the molecule is O=C(NCc1ccc(F)cc1)c1cc(Br)cnc1NCc1cccnc1. The summed E-state index contributed by atoms with van der Waals surface area (Å²) in [6.07, 6.45) is 5.08. The van der Waals surface area contributed by atoms with Gasteiger partial charge < -0.3 is 10.6 Å². The van der Waals surface area contributed by atoms with E-state index in [0.717, 1.165) is 11.1 Å². The Morgan fingerprint density at radius 2 is 1.88 bits per heavy atom. The van der Waals surface area contributed by atoms with Crippen molar-refractivity contribution in [2.24, 2.45) is 0 Å². The van der Waals surface area contributed by atoms with Gasteiger partial charge in [0.05, 0.1) is 5.56 Å². The first kappa shape index (κ1) is 18.0. The molecule has 0 aliphatic carbocycles. The quantitative estimate of drug-likeness (QED) is 0.641. The van der Waals surface area contributed by atoms with Gasteiger partial charge in [-0.3, -0.25) is 9.78 Å². The fraction of sp³-hybridized carbons (Fsp3) is 0.105. The Morgan fingerprint density at radius 3 is 2.62 bits per heavy atom. The molecule has 26 heavy (non-hydrogen) atoms. The molecule has 0 fully saturated rings. The summed E-state index contributed by atoms with van der Waals surface area (Å²) in [4.78, 5) is 20.9. The van der Waals surface area contributed by atoms with Gasteiger partial charge in [0, 0.05) is 36.2 Å². The number of benzene rings is 1. The molecule has 5 nitrogen and oxygen atoms in total. The lowest BCUT2D eigenvalue weighted by Crippen LogP contribution is -2.24. The summed E-state index contributed by atoms with van der Waals surface area (Å²) in [5.74, 6) is -0.0939. The molecule has 0 radical (unpaired) electrons. The molecule has 7 heteroatoms. The van der Waals surface area contributed by atoms with Crippen LogP contribution in [0.5, 0.6) is 0 Å². The van der Waals surface area contributed by atoms with Gasteiger partial charge in [-0.25, -0.2) is 9.37 Å². The monoisotopic (exact) mass is 414 g/mol. The number of amides is 1. The van der Waals surface area contributed by atoms with E-state index < -0.39 is 0 Å². The molecule has 0 aliphatic heterocycles. The van der Waals surface area contributed by atoms with Gasteiger partial charge >= 0.3 is 0 Å². The van der Waals surface area contributed by atoms with Gasteiger partial charge in [-0.1, -0.05) is 18.2 Å². The molecular formula is C19H16BrFN4O. The average molecular weight is 415 g/mol. The minimum Gasteiger partial charge on any atom is -0.365 e. The molecule has 1 aromatic carbocycles. The zero-order chi connectivity index (χ0) is 18.4. The number of hydrogen-bond acceptors (Lipinski definition) is 4. The molecule has 1 amide bonds. The first-order valence-corrected chi connectivity index (χ1v) is 8.72. The highest BCUT2D eigenvalue weighted by molar-refractivity contribution is 9.10. The highest BCUT2D eigenvalue weighted by Crippen LogP contribution is 2.19. The van der Waals surface area contributed by atoms with E-state index in [-0.39, 0.29) is 11.7 Å². The molecule has 0 saturated carbocycles. The lowest BCUT2D eigenvalue weighted by Gasteiger charge is -2.12. The number of carbonyl (C=O) groups is 1. The Kier molecular flexibility index (Phi) is 5.91. The second-order valence-corrected chi connectivity index (χ2v) is 6.49. The summed E-state index contributed by atoms with van der Waals surface area (Å²) in [6, 6.07) is 11.5. The van der Waals surface area contributed by atoms with Crippen LogP contribution in [0.4, 0.5) is 10.2 Å². The maximum atomic E-state index is 13.0. The molecule has 0 bridgehead atoms. The van der Waals surface area contributed by atoms with E-state index in [1.807, 2.05) is 12.1 Å². The summed E-state index contributed by atoms with van der Waals surface area (Å²) >= 11 is 3.34. The normalized spacial score (nSPS) is 10.4. The number of pyridine rings is 2. The summed E-state index contributed by atoms with van der Waals surface area (Å²) in [6.45, 7) is 0.800. The van der Waals surface area contributed by atoms with Crippen molar-refractivity contribution in [1.82, 2.24) is 15.3 Å². The highest BCUT2D eigenvalue weighted by atomic mass is 79.9. The van der Waals surface area contributed by atoms with Crippen LogP contribution in [0.15, 0.2) is 65.5 Å². The van der Waals surface area contributed by atoms with E-state index in [0.29, 0.717) is 28.9 Å². The van der Waals surface area contributed by atoms with Crippen molar-refractivity contribution < 1.29 is 9.18 Å². The van der Waals surface area contributed by atoms with E-state index in [2.05, 4.69) is 36.5 Å². The standard InChI is InChI=1S/C19H16BrFN4O/c20-15-8-17(19(26)25-10-13-3-5-16(21)6-4-13)18(24-12-15)23-11-14-2-1-7-22-9-14/h1-9,12H,10-11H2,(H,23,24)(H,25,26). The maximum Gasteiger partial charge on any atom is 0.255 e. The summed E-state index contributed by atoms with van der Waals surface area (Å²) in [7, 11) is 0. The second-order valence-electron chi connectivity index (χ2n) is 5.57. The first-order chi connectivity index (χ1) is 12.6. The topological polar surface area (TPSA) is 66.9 Å². The number of aromatic nitrogens is 2. The fourth-order valence-electron chi connectivity index (χ4n) is 2.32. The van der Waals surface area contributed by atoms with Gasteiger partial charge in [0.15, 0.2) is 0 Å². The fourth-order valence-corrected chi connectivity index (χ4v) is 2.65. The predicted molar refractivity (Wildman–Crippen MR) is 101 cm³/mol. The van der Waals surface area contributed by atoms with Crippen LogP contribution in [-0.2, 0) is 13.1 Å². The van der Waals surface area contributed by atoms with Crippen molar-refractivity contribution in [3.63, 3.8) is 0 Å². The summed E-state index contributed by atoms with van der Waals surface area (Å²) < 4.78 is 13.7. The number of carbonyl (C=O) groups excluding carboxylic acids is 1. The van der Waals surface area contributed by atoms with Crippen LogP contribution in [0.2, 0.25) is 0 Å². The minimum absolute atomic E-state index is 0.267. The van der Waals surface area contributed by atoms with Crippen molar-refractivity contribution in [2.75, 3.05) is 5.32 Å². The van der Waals surface area contributed by atoms with E-state index in [1.165, 1.54) is 12.1 Å². The summed E-state index contributed by atoms with van der Waals surface area (Å²) in [5, 5.41) is 5.99. The molecule has 2 aromatic heterocycles. The van der Waals surface area contributed by atoms with Gasteiger partial charge in [0.2, 0.25) is 0 Å². The molecular weight excluding hydrogens is 399 g/mol. The Balaban J connectivity index is 1.70. The van der Waals surface area contributed by atoms with Gasteiger partial charge in [0.25, 0.3) is 5.91 Å². The van der Waals surface area contributed by atoms with Crippen molar-refractivity contribution in [3.05, 3.63) is 88.0 Å². The lowest BCUT2D eigenvalue weighted by molar-refractivity contribution is 0.0951. The smallest absolute Gasteiger partial charge is 0.255 e. The van der Waals surface area contributed by atoms with E-state index >= 15 is 0 Å².